The lowest BCUT2D eigenvalue weighted by atomic mass is 10.5. The Morgan fingerprint density at radius 1 is 1.20 bits per heavy atom. The molecule has 0 aliphatic carbocycles. The average Bonchev–Trinajstić information content (AvgIpc) is 1.97. The van der Waals surface area contributed by atoms with E-state index in [1.807, 2.05) is 11.8 Å². The molecule has 0 heterocycles. The minimum Gasteiger partial charge on any atom is -0.381 e. The molecule has 0 spiro atoms. The van der Waals surface area contributed by atoms with E-state index in [1.165, 1.54) is 17.9 Å². The van der Waals surface area contributed by atoms with Crippen molar-refractivity contribution in [1.82, 2.24) is 0 Å². The van der Waals surface area contributed by atoms with Crippen molar-refractivity contribution in [3.63, 3.8) is 0 Å². The second kappa shape index (κ2) is 9.31. The lowest BCUT2D eigenvalue weighted by molar-refractivity contribution is 0.136. The molecule has 62 valence electrons. The molecule has 0 aromatic carbocycles. The third-order valence-corrected chi connectivity index (χ3v) is 2.12. The maximum absolute atomic E-state index is 5.32. The van der Waals surface area contributed by atoms with E-state index in [1.54, 1.807) is 0 Å². The monoisotopic (exact) mass is 162 g/mol. The van der Waals surface area contributed by atoms with Gasteiger partial charge in [-0.15, -0.1) is 0 Å². The predicted molar refractivity (Wildman–Crippen MR) is 48.7 cm³/mol. The first-order valence-corrected chi connectivity index (χ1v) is 5.22. The average molecular weight is 162 g/mol. The van der Waals surface area contributed by atoms with E-state index in [-0.39, 0.29) is 0 Å². The second-order valence-corrected chi connectivity index (χ2v) is 3.56. The molecule has 0 atom stereocenters. The molecule has 0 radical (unpaired) electrons. The number of thioether (sulfide) groups is 1. The van der Waals surface area contributed by atoms with E-state index < -0.39 is 0 Å². The van der Waals surface area contributed by atoms with Gasteiger partial charge in [-0.3, -0.25) is 0 Å². The summed E-state index contributed by atoms with van der Waals surface area (Å²) in [6, 6.07) is 0. The van der Waals surface area contributed by atoms with Crippen LogP contribution in [0.25, 0.3) is 0 Å². The number of hydrogen-bond donors (Lipinski definition) is 0. The fraction of sp³-hybridized carbons (Fsp3) is 1.00. The quantitative estimate of drug-likeness (QED) is 0.532. The molecule has 0 fully saturated rings. The van der Waals surface area contributed by atoms with Crippen LogP contribution in [0.5, 0.6) is 0 Å². The smallest absolute Gasteiger partial charge is 0.0473 e. The van der Waals surface area contributed by atoms with E-state index >= 15 is 0 Å². The summed E-state index contributed by atoms with van der Waals surface area (Å²) in [6.07, 6.45) is 2.35. The highest BCUT2D eigenvalue weighted by Gasteiger charge is 1.86. The standard InChI is InChI=1S/C8H18OS/c1-3-6-9-7-5-8-10-4-2/h3-8H2,1-2H3. The van der Waals surface area contributed by atoms with Gasteiger partial charge in [0.05, 0.1) is 0 Å². The molecule has 0 aliphatic rings. The van der Waals surface area contributed by atoms with E-state index in [2.05, 4.69) is 13.8 Å². The highest BCUT2D eigenvalue weighted by molar-refractivity contribution is 7.99. The van der Waals surface area contributed by atoms with E-state index in [0.29, 0.717) is 0 Å². The highest BCUT2D eigenvalue weighted by Crippen LogP contribution is 2.00. The summed E-state index contributed by atoms with van der Waals surface area (Å²) in [5, 5.41) is 0. The van der Waals surface area contributed by atoms with Crippen LogP contribution < -0.4 is 0 Å². The zero-order valence-corrected chi connectivity index (χ0v) is 7.88. The van der Waals surface area contributed by atoms with Crippen LogP contribution in [0.15, 0.2) is 0 Å². The molecule has 1 nitrogen and oxygen atoms in total. The minimum absolute atomic E-state index is 0.927. The molecule has 2 heteroatoms. The molecule has 0 rings (SSSR count). The van der Waals surface area contributed by atoms with Gasteiger partial charge in [-0.1, -0.05) is 13.8 Å². The maximum Gasteiger partial charge on any atom is 0.0473 e. The lowest BCUT2D eigenvalue weighted by Crippen LogP contribution is -1.96. The van der Waals surface area contributed by atoms with Gasteiger partial charge in [-0.2, -0.15) is 11.8 Å². The summed E-state index contributed by atoms with van der Waals surface area (Å²) >= 11 is 1.99. The first-order valence-electron chi connectivity index (χ1n) is 4.07. The van der Waals surface area contributed by atoms with Crippen LogP contribution >= 0.6 is 11.8 Å². The zero-order valence-electron chi connectivity index (χ0n) is 7.06. The number of rotatable bonds is 7. The largest absolute Gasteiger partial charge is 0.381 e. The van der Waals surface area contributed by atoms with Crippen molar-refractivity contribution in [3.05, 3.63) is 0 Å². The van der Waals surface area contributed by atoms with Gasteiger partial charge < -0.3 is 4.74 Å². The van der Waals surface area contributed by atoms with Crippen molar-refractivity contribution in [1.29, 1.82) is 0 Å². The highest BCUT2D eigenvalue weighted by atomic mass is 32.2. The topological polar surface area (TPSA) is 9.23 Å². The third kappa shape index (κ3) is 8.31. The molecule has 0 aromatic rings. The van der Waals surface area contributed by atoms with Gasteiger partial charge in [0.1, 0.15) is 0 Å². The summed E-state index contributed by atoms with van der Waals surface area (Å²) < 4.78 is 5.32. The zero-order chi connectivity index (χ0) is 7.66. The summed E-state index contributed by atoms with van der Waals surface area (Å²) in [5.41, 5.74) is 0. The van der Waals surface area contributed by atoms with Crippen LogP contribution in [0.3, 0.4) is 0 Å². The van der Waals surface area contributed by atoms with Gasteiger partial charge in [0.25, 0.3) is 0 Å². The van der Waals surface area contributed by atoms with Crippen LogP contribution in [-0.4, -0.2) is 24.7 Å². The van der Waals surface area contributed by atoms with Gasteiger partial charge in [0.2, 0.25) is 0 Å². The minimum atomic E-state index is 0.927. The van der Waals surface area contributed by atoms with Crippen LogP contribution in [0.1, 0.15) is 26.7 Å². The molecule has 10 heavy (non-hydrogen) atoms. The molecule has 0 saturated carbocycles. The Hall–Kier alpha value is 0.310. The second-order valence-electron chi connectivity index (χ2n) is 2.16. The number of ether oxygens (including phenoxy) is 1. The van der Waals surface area contributed by atoms with Gasteiger partial charge in [-0.05, 0) is 24.3 Å². The Bertz CT molecular complexity index is 49.2. The van der Waals surface area contributed by atoms with E-state index in [0.717, 1.165) is 19.6 Å². The van der Waals surface area contributed by atoms with E-state index in [4.69, 9.17) is 4.74 Å². The Labute approximate surface area is 68.5 Å². The summed E-state index contributed by atoms with van der Waals surface area (Å²) in [5.74, 6) is 2.48. The number of hydrogen-bond acceptors (Lipinski definition) is 2. The summed E-state index contributed by atoms with van der Waals surface area (Å²) in [7, 11) is 0. The molecule has 0 unspecified atom stereocenters. The SMILES string of the molecule is CCCOCCCSCC. The first-order chi connectivity index (χ1) is 4.91. The molecular formula is C8H18OS. The molecular weight excluding hydrogens is 144 g/mol. The normalized spacial score (nSPS) is 10.2. The predicted octanol–water partition coefficient (Wildman–Crippen LogP) is 2.56. The molecule has 0 N–H and O–H groups in total. The maximum atomic E-state index is 5.32. The van der Waals surface area contributed by atoms with Crippen LogP contribution in [0, 0.1) is 0 Å². The van der Waals surface area contributed by atoms with Gasteiger partial charge in [0.15, 0.2) is 0 Å². The molecule has 0 aliphatic heterocycles. The molecule has 0 saturated heterocycles. The van der Waals surface area contributed by atoms with Gasteiger partial charge >= 0.3 is 0 Å². The third-order valence-electron chi connectivity index (χ3n) is 1.13. The molecule has 0 aromatic heterocycles. The van der Waals surface area contributed by atoms with Crippen molar-refractivity contribution in [2.24, 2.45) is 0 Å². The summed E-state index contributed by atoms with van der Waals surface area (Å²) in [6.45, 7) is 6.20. The molecule has 0 bridgehead atoms. The van der Waals surface area contributed by atoms with Crippen molar-refractivity contribution < 1.29 is 4.74 Å². The van der Waals surface area contributed by atoms with Gasteiger partial charge in [-0.25, -0.2) is 0 Å². The van der Waals surface area contributed by atoms with Crippen molar-refractivity contribution in [2.75, 3.05) is 24.7 Å². The fourth-order valence-corrected chi connectivity index (χ4v) is 1.26. The Morgan fingerprint density at radius 2 is 2.00 bits per heavy atom. The molecule has 0 amide bonds. The van der Waals surface area contributed by atoms with Crippen LogP contribution in [0.2, 0.25) is 0 Å². The lowest BCUT2D eigenvalue weighted by Gasteiger charge is -2.00. The first kappa shape index (κ1) is 10.3. The fourth-order valence-electron chi connectivity index (χ4n) is 0.654. The Morgan fingerprint density at radius 3 is 2.60 bits per heavy atom. The van der Waals surface area contributed by atoms with Crippen LogP contribution in [0.4, 0.5) is 0 Å². The Balaban J connectivity index is 2.65. The van der Waals surface area contributed by atoms with Crippen LogP contribution in [-0.2, 0) is 4.74 Å². The van der Waals surface area contributed by atoms with Gasteiger partial charge in [0, 0.05) is 13.2 Å². The van der Waals surface area contributed by atoms with Crippen molar-refractivity contribution >= 4 is 11.8 Å². The summed E-state index contributed by atoms with van der Waals surface area (Å²) in [4.78, 5) is 0. The van der Waals surface area contributed by atoms with Crippen molar-refractivity contribution in [2.45, 2.75) is 26.7 Å². The van der Waals surface area contributed by atoms with Crippen molar-refractivity contribution in [3.8, 4) is 0 Å². The Kier molecular flexibility index (Phi) is 9.60. The van der Waals surface area contributed by atoms with E-state index in [9.17, 15) is 0 Å².